The summed E-state index contributed by atoms with van der Waals surface area (Å²) in [5.74, 6) is 0.592. The predicted octanol–water partition coefficient (Wildman–Crippen LogP) is 3.48. The van der Waals surface area contributed by atoms with Crippen LogP contribution in [0.4, 0.5) is 6.01 Å². The third-order valence-electron chi connectivity index (χ3n) is 4.88. The molecule has 0 bridgehead atoms. The van der Waals surface area contributed by atoms with Gasteiger partial charge in [0.05, 0.1) is 16.6 Å². The van der Waals surface area contributed by atoms with Crippen molar-refractivity contribution in [3.8, 4) is 0 Å². The molecule has 1 aliphatic carbocycles. The molecule has 1 N–H and O–H groups in total. The zero-order chi connectivity index (χ0) is 19.4. The number of nitrogens with one attached hydrogen (secondary N) is 1. The summed E-state index contributed by atoms with van der Waals surface area (Å²) in [4.78, 5) is 12.5. The molecule has 0 spiro atoms. The molecule has 1 fully saturated rings. The molecule has 2 aromatic rings. The van der Waals surface area contributed by atoms with Gasteiger partial charge in [-0.05, 0) is 44.4 Å². The van der Waals surface area contributed by atoms with Gasteiger partial charge in [0.15, 0.2) is 9.84 Å². The highest BCUT2D eigenvalue weighted by Gasteiger charge is 2.22. The van der Waals surface area contributed by atoms with E-state index in [1.165, 1.54) is 18.6 Å². The Morgan fingerprint density at radius 3 is 2.44 bits per heavy atom. The molecule has 0 aliphatic heterocycles. The van der Waals surface area contributed by atoms with E-state index in [4.69, 9.17) is 4.42 Å². The van der Waals surface area contributed by atoms with Crippen LogP contribution in [0.3, 0.4) is 0 Å². The number of carbonyl (C=O) groups excluding carboxylic acids is 1. The second-order valence-corrected chi connectivity index (χ2v) is 9.75. The van der Waals surface area contributed by atoms with Crippen molar-refractivity contribution in [1.29, 1.82) is 0 Å². The Bertz CT molecular complexity index is 882. The number of carbonyl (C=O) groups is 1. The first-order valence-electron chi connectivity index (χ1n) is 9.32. The topological polar surface area (TPSA) is 102 Å². The number of sulfone groups is 1. The summed E-state index contributed by atoms with van der Waals surface area (Å²) in [6.07, 6.45) is 5.76. The van der Waals surface area contributed by atoms with Gasteiger partial charge < -0.3 is 4.42 Å². The van der Waals surface area contributed by atoms with Crippen molar-refractivity contribution < 1.29 is 17.6 Å². The lowest BCUT2D eigenvalue weighted by molar-refractivity contribution is -0.115. The van der Waals surface area contributed by atoms with Crippen LogP contribution in [0.25, 0.3) is 0 Å². The average molecular weight is 391 g/mol. The van der Waals surface area contributed by atoms with Crippen LogP contribution in [0.2, 0.25) is 0 Å². The van der Waals surface area contributed by atoms with E-state index in [0.29, 0.717) is 11.5 Å². The second-order valence-electron chi connectivity index (χ2n) is 7.24. The highest BCUT2D eigenvalue weighted by atomic mass is 32.2. The number of aromatic nitrogens is 2. The molecule has 8 heteroatoms. The van der Waals surface area contributed by atoms with E-state index in [0.717, 1.165) is 25.7 Å². The third-order valence-corrected chi connectivity index (χ3v) is 7.05. The maximum absolute atomic E-state index is 12.2. The number of benzene rings is 1. The van der Waals surface area contributed by atoms with Crippen LogP contribution in [-0.4, -0.2) is 29.8 Å². The van der Waals surface area contributed by atoms with Crippen molar-refractivity contribution in [2.24, 2.45) is 0 Å². The van der Waals surface area contributed by atoms with Crippen LogP contribution < -0.4 is 5.32 Å². The predicted molar refractivity (Wildman–Crippen MR) is 101 cm³/mol. The van der Waals surface area contributed by atoms with Crippen LogP contribution in [0, 0.1) is 0 Å². The van der Waals surface area contributed by atoms with Gasteiger partial charge in [0.1, 0.15) is 0 Å². The van der Waals surface area contributed by atoms with Gasteiger partial charge in [-0.3, -0.25) is 10.1 Å². The molecule has 0 atom stereocenters. The van der Waals surface area contributed by atoms with Crippen LogP contribution in [0.5, 0.6) is 0 Å². The molecule has 1 heterocycles. The number of rotatable bonds is 6. The zero-order valence-electron chi connectivity index (χ0n) is 15.6. The van der Waals surface area contributed by atoms with Gasteiger partial charge in [-0.25, -0.2) is 8.42 Å². The molecule has 3 rings (SSSR count). The highest BCUT2D eigenvalue weighted by Crippen LogP contribution is 2.32. The number of anilines is 1. The molecule has 7 nitrogen and oxygen atoms in total. The summed E-state index contributed by atoms with van der Waals surface area (Å²) >= 11 is 0. The quantitative estimate of drug-likeness (QED) is 0.809. The molecule has 1 saturated carbocycles. The van der Waals surface area contributed by atoms with Gasteiger partial charge in [-0.1, -0.05) is 36.5 Å². The third kappa shape index (κ3) is 4.74. The van der Waals surface area contributed by atoms with Crippen LogP contribution in [-0.2, 0) is 21.1 Å². The van der Waals surface area contributed by atoms with E-state index in [2.05, 4.69) is 15.5 Å². The van der Waals surface area contributed by atoms with Crippen molar-refractivity contribution in [3.05, 3.63) is 35.7 Å². The normalized spacial score (nSPS) is 15.8. The zero-order valence-corrected chi connectivity index (χ0v) is 16.5. The molecule has 1 aliphatic rings. The molecule has 1 amide bonds. The van der Waals surface area contributed by atoms with Crippen molar-refractivity contribution >= 4 is 21.8 Å². The number of hydrogen-bond donors (Lipinski definition) is 1. The Labute approximate surface area is 159 Å². The Morgan fingerprint density at radius 1 is 1.15 bits per heavy atom. The van der Waals surface area contributed by atoms with Crippen molar-refractivity contribution in [1.82, 2.24) is 10.2 Å². The Morgan fingerprint density at radius 2 is 1.81 bits per heavy atom. The van der Waals surface area contributed by atoms with E-state index >= 15 is 0 Å². The smallest absolute Gasteiger partial charge is 0.322 e. The molecular weight excluding hydrogens is 366 g/mol. The SMILES string of the molecule is CC(C)S(=O)(=O)c1ccc(CC(=O)Nc2nnc(C3CCCCC3)o2)cc1. The molecule has 27 heavy (non-hydrogen) atoms. The van der Waals surface area contributed by atoms with Gasteiger partial charge in [0.25, 0.3) is 0 Å². The van der Waals surface area contributed by atoms with Gasteiger partial charge in [-0.2, -0.15) is 0 Å². The molecule has 0 unspecified atom stereocenters. The first-order valence-corrected chi connectivity index (χ1v) is 10.9. The molecule has 0 saturated heterocycles. The maximum atomic E-state index is 12.2. The summed E-state index contributed by atoms with van der Waals surface area (Å²) in [5.41, 5.74) is 0.710. The van der Waals surface area contributed by atoms with Crippen LogP contribution in [0.1, 0.15) is 63.3 Å². The standard InChI is InChI=1S/C19H25N3O4S/c1-13(2)27(24,25)16-10-8-14(9-11-16)12-17(23)20-19-22-21-18(26-19)15-6-4-3-5-7-15/h8-11,13,15H,3-7,12H2,1-2H3,(H,20,22,23). The lowest BCUT2D eigenvalue weighted by Crippen LogP contribution is -2.16. The maximum Gasteiger partial charge on any atom is 0.322 e. The average Bonchev–Trinajstić information content (AvgIpc) is 3.11. The summed E-state index contributed by atoms with van der Waals surface area (Å²) in [5, 5.41) is 10.1. The van der Waals surface area contributed by atoms with Gasteiger partial charge in [0.2, 0.25) is 11.8 Å². The molecular formula is C19H25N3O4S. The van der Waals surface area contributed by atoms with E-state index in [9.17, 15) is 13.2 Å². The van der Waals surface area contributed by atoms with Crippen molar-refractivity contribution in [3.63, 3.8) is 0 Å². The fourth-order valence-corrected chi connectivity index (χ4v) is 4.28. The van der Waals surface area contributed by atoms with E-state index < -0.39 is 15.1 Å². The van der Waals surface area contributed by atoms with Gasteiger partial charge >= 0.3 is 6.01 Å². The lowest BCUT2D eigenvalue weighted by Gasteiger charge is -2.17. The number of hydrogen-bond acceptors (Lipinski definition) is 6. The van der Waals surface area contributed by atoms with E-state index in [1.54, 1.807) is 26.0 Å². The fourth-order valence-electron chi connectivity index (χ4n) is 3.22. The molecule has 0 radical (unpaired) electrons. The van der Waals surface area contributed by atoms with E-state index in [-0.39, 0.29) is 29.2 Å². The lowest BCUT2D eigenvalue weighted by atomic mass is 9.89. The Balaban J connectivity index is 1.59. The van der Waals surface area contributed by atoms with Crippen LogP contribution >= 0.6 is 0 Å². The van der Waals surface area contributed by atoms with E-state index in [1.807, 2.05) is 0 Å². The number of nitrogens with zero attached hydrogens (tertiary/aromatic N) is 2. The Kier molecular flexibility index (Phi) is 5.94. The second kappa shape index (κ2) is 8.21. The van der Waals surface area contributed by atoms with Gasteiger partial charge in [0, 0.05) is 5.92 Å². The summed E-state index contributed by atoms with van der Waals surface area (Å²) in [6.45, 7) is 3.28. The number of amides is 1. The minimum absolute atomic E-state index is 0.100. The summed E-state index contributed by atoms with van der Waals surface area (Å²) < 4.78 is 29.9. The monoisotopic (exact) mass is 391 g/mol. The minimum atomic E-state index is -3.31. The van der Waals surface area contributed by atoms with Crippen LogP contribution in [0.15, 0.2) is 33.6 Å². The first-order chi connectivity index (χ1) is 12.9. The Hall–Kier alpha value is -2.22. The molecule has 1 aromatic heterocycles. The van der Waals surface area contributed by atoms with Crippen molar-refractivity contribution in [2.45, 2.75) is 68.4 Å². The molecule has 1 aromatic carbocycles. The summed E-state index contributed by atoms with van der Waals surface area (Å²) in [6, 6.07) is 6.48. The minimum Gasteiger partial charge on any atom is -0.408 e. The van der Waals surface area contributed by atoms with Gasteiger partial charge in [-0.15, -0.1) is 5.10 Å². The highest BCUT2D eigenvalue weighted by molar-refractivity contribution is 7.92. The van der Waals surface area contributed by atoms with Crippen molar-refractivity contribution in [2.75, 3.05) is 5.32 Å². The first kappa shape index (κ1) is 19.5. The molecule has 146 valence electrons. The fraction of sp³-hybridized carbons (Fsp3) is 0.526. The summed E-state index contributed by atoms with van der Waals surface area (Å²) in [7, 11) is -3.31. The largest absolute Gasteiger partial charge is 0.408 e.